The van der Waals surface area contributed by atoms with E-state index in [1.807, 2.05) is 22.8 Å². The highest BCUT2D eigenvalue weighted by Crippen LogP contribution is 2.30. The second-order valence-electron chi connectivity index (χ2n) is 6.78. The van der Waals surface area contributed by atoms with E-state index in [0.717, 1.165) is 26.2 Å². The van der Waals surface area contributed by atoms with E-state index in [-0.39, 0.29) is 5.56 Å². The molecule has 1 aromatic heterocycles. The van der Waals surface area contributed by atoms with Gasteiger partial charge in [0.05, 0.1) is 23.1 Å². The van der Waals surface area contributed by atoms with Crippen LogP contribution < -0.4 is 10.5 Å². The number of hydrogen-bond donors (Lipinski definition) is 1. The molecule has 1 fully saturated rings. The van der Waals surface area contributed by atoms with Gasteiger partial charge in [0, 0.05) is 35.7 Å². The standard InChI is InChI=1S/C18H18Cl2N2O/c19-15-5-4-12(7-16(15)20)8-21-9-13-6-14(11-21)17-2-1-3-18(23)22(17)10-13/h1-5,7,13-14H,6,8-11H2/p+1/t13-,14+/m1/s1. The molecule has 5 heteroatoms. The van der Waals surface area contributed by atoms with Crippen molar-refractivity contribution in [2.24, 2.45) is 5.92 Å². The van der Waals surface area contributed by atoms with E-state index in [1.165, 1.54) is 17.7 Å². The second kappa shape index (κ2) is 5.97. The van der Waals surface area contributed by atoms with Crippen molar-refractivity contribution >= 4 is 23.2 Å². The molecule has 0 saturated carbocycles. The van der Waals surface area contributed by atoms with E-state index in [9.17, 15) is 4.79 Å². The molecule has 3 atom stereocenters. The normalized spacial score (nSPS) is 25.9. The molecule has 2 aliphatic heterocycles. The van der Waals surface area contributed by atoms with Crippen molar-refractivity contribution in [3.8, 4) is 0 Å². The van der Waals surface area contributed by atoms with Crippen LogP contribution in [0.5, 0.6) is 0 Å². The monoisotopic (exact) mass is 349 g/mol. The number of rotatable bonds is 2. The van der Waals surface area contributed by atoms with E-state index < -0.39 is 0 Å². The average molecular weight is 350 g/mol. The number of hydrogen-bond acceptors (Lipinski definition) is 1. The molecule has 23 heavy (non-hydrogen) atoms. The minimum absolute atomic E-state index is 0.144. The molecule has 0 spiro atoms. The molecule has 0 amide bonds. The third-order valence-electron chi connectivity index (χ3n) is 5.11. The number of benzene rings is 1. The maximum absolute atomic E-state index is 12.1. The van der Waals surface area contributed by atoms with Gasteiger partial charge in [0.2, 0.25) is 0 Å². The number of aromatic nitrogens is 1. The molecular weight excluding hydrogens is 331 g/mol. The zero-order chi connectivity index (χ0) is 16.0. The minimum Gasteiger partial charge on any atom is -0.330 e. The Morgan fingerprint density at radius 2 is 2.00 bits per heavy atom. The van der Waals surface area contributed by atoms with E-state index in [4.69, 9.17) is 23.2 Å². The summed E-state index contributed by atoms with van der Waals surface area (Å²) in [5, 5.41) is 1.23. The molecule has 3 heterocycles. The van der Waals surface area contributed by atoms with Crippen LogP contribution in [0.25, 0.3) is 0 Å². The van der Waals surface area contributed by atoms with Crippen molar-refractivity contribution in [3.63, 3.8) is 0 Å². The maximum Gasteiger partial charge on any atom is 0.250 e. The van der Waals surface area contributed by atoms with Gasteiger partial charge in [-0.1, -0.05) is 35.3 Å². The van der Waals surface area contributed by atoms with Crippen molar-refractivity contribution in [2.45, 2.75) is 25.4 Å². The fraction of sp³-hybridized carbons (Fsp3) is 0.389. The molecule has 2 bridgehead atoms. The molecule has 1 saturated heterocycles. The van der Waals surface area contributed by atoms with Gasteiger partial charge in [0.1, 0.15) is 6.54 Å². The Hall–Kier alpha value is -1.29. The van der Waals surface area contributed by atoms with Gasteiger partial charge < -0.3 is 9.47 Å². The van der Waals surface area contributed by atoms with Crippen molar-refractivity contribution in [1.29, 1.82) is 0 Å². The molecule has 1 N–H and O–H groups in total. The van der Waals surface area contributed by atoms with Crippen molar-refractivity contribution in [1.82, 2.24) is 4.57 Å². The Balaban J connectivity index is 1.56. The zero-order valence-electron chi connectivity index (χ0n) is 12.8. The van der Waals surface area contributed by atoms with Crippen LogP contribution in [-0.2, 0) is 13.1 Å². The lowest BCUT2D eigenvalue weighted by atomic mass is 9.83. The first-order chi connectivity index (χ1) is 11.1. The van der Waals surface area contributed by atoms with Gasteiger partial charge in [-0.15, -0.1) is 0 Å². The molecule has 2 aliphatic rings. The Morgan fingerprint density at radius 1 is 1.13 bits per heavy atom. The molecule has 0 radical (unpaired) electrons. The summed E-state index contributed by atoms with van der Waals surface area (Å²) in [5.74, 6) is 1.06. The van der Waals surface area contributed by atoms with Gasteiger partial charge in [-0.3, -0.25) is 4.79 Å². The van der Waals surface area contributed by atoms with Crippen LogP contribution in [0, 0.1) is 5.92 Å². The van der Waals surface area contributed by atoms with Gasteiger partial charge in [0.15, 0.2) is 0 Å². The number of fused-ring (bicyclic) bond motifs is 4. The van der Waals surface area contributed by atoms with E-state index in [0.29, 0.717) is 21.9 Å². The average Bonchev–Trinajstić information content (AvgIpc) is 2.52. The fourth-order valence-electron chi connectivity index (χ4n) is 4.20. The fourth-order valence-corrected chi connectivity index (χ4v) is 4.52. The Morgan fingerprint density at radius 3 is 2.83 bits per heavy atom. The molecule has 1 aromatic carbocycles. The summed E-state index contributed by atoms with van der Waals surface area (Å²) in [6.07, 6.45) is 1.20. The Labute approximate surface area is 145 Å². The van der Waals surface area contributed by atoms with Gasteiger partial charge >= 0.3 is 0 Å². The quantitative estimate of drug-likeness (QED) is 0.884. The minimum atomic E-state index is 0.144. The molecule has 120 valence electrons. The summed E-state index contributed by atoms with van der Waals surface area (Å²) >= 11 is 12.1. The molecule has 0 aliphatic carbocycles. The topological polar surface area (TPSA) is 26.4 Å². The lowest BCUT2D eigenvalue weighted by molar-refractivity contribution is -0.924. The van der Waals surface area contributed by atoms with Crippen LogP contribution in [0.3, 0.4) is 0 Å². The van der Waals surface area contributed by atoms with Crippen LogP contribution in [0.15, 0.2) is 41.2 Å². The van der Waals surface area contributed by atoms with Gasteiger partial charge in [-0.25, -0.2) is 0 Å². The van der Waals surface area contributed by atoms with E-state index in [2.05, 4.69) is 12.1 Å². The van der Waals surface area contributed by atoms with Crippen LogP contribution in [-0.4, -0.2) is 17.7 Å². The predicted octanol–water partition coefficient (Wildman–Crippen LogP) is 2.36. The van der Waals surface area contributed by atoms with Gasteiger partial charge in [-0.05, 0) is 24.6 Å². The van der Waals surface area contributed by atoms with Crippen molar-refractivity contribution in [2.75, 3.05) is 13.1 Å². The number of quaternary nitrogens is 1. The SMILES string of the molecule is O=c1cccc2n1C[C@@H]1C[C@H]2C[NH+](Cc2ccc(Cl)c(Cl)c2)C1. The predicted molar refractivity (Wildman–Crippen MR) is 92.4 cm³/mol. The number of nitrogens with one attached hydrogen (secondary N) is 1. The van der Waals surface area contributed by atoms with Crippen LogP contribution in [0.2, 0.25) is 10.0 Å². The number of nitrogens with zero attached hydrogens (tertiary/aromatic N) is 1. The number of pyridine rings is 1. The van der Waals surface area contributed by atoms with Crippen molar-refractivity contribution in [3.05, 3.63) is 68.1 Å². The summed E-state index contributed by atoms with van der Waals surface area (Å²) in [4.78, 5) is 13.6. The first-order valence-electron chi connectivity index (χ1n) is 8.07. The van der Waals surface area contributed by atoms with Gasteiger partial charge in [-0.2, -0.15) is 0 Å². The molecular formula is C18H19Cl2N2O+. The highest BCUT2D eigenvalue weighted by molar-refractivity contribution is 6.42. The molecule has 1 unspecified atom stereocenters. The largest absolute Gasteiger partial charge is 0.330 e. The maximum atomic E-state index is 12.1. The third kappa shape index (κ3) is 2.93. The van der Waals surface area contributed by atoms with Crippen LogP contribution >= 0.6 is 23.2 Å². The summed E-state index contributed by atoms with van der Waals surface area (Å²) in [6.45, 7) is 4.00. The van der Waals surface area contributed by atoms with E-state index >= 15 is 0 Å². The Kier molecular flexibility index (Phi) is 3.96. The number of halogens is 2. The first kappa shape index (κ1) is 15.3. The molecule has 2 aromatic rings. The first-order valence-corrected chi connectivity index (χ1v) is 8.83. The van der Waals surface area contributed by atoms with Gasteiger partial charge in [0.25, 0.3) is 5.56 Å². The number of piperidine rings is 1. The second-order valence-corrected chi connectivity index (χ2v) is 7.60. The van der Waals surface area contributed by atoms with E-state index in [1.54, 1.807) is 11.0 Å². The molecule has 4 rings (SSSR count). The summed E-state index contributed by atoms with van der Waals surface area (Å²) in [5.41, 5.74) is 2.57. The highest BCUT2D eigenvalue weighted by atomic mass is 35.5. The van der Waals surface area contributed by atoms with Crippen LogP contribution in [0.4, 0.5) is 0 Å². The lowest BCUT2D eigenvalue weighted by Crippen LogP contribution is -3.13. The summed E-state index contributed by atoms with van der Waals surface area (Å²) < 4.78 is 1.98. The molecule has 3 nitrogen and oxygen atoms in total. The number of likely N-dealkylation sites (tertiary alicyclic amines) is 1. The Bertz CT molecular complexity index is 802. The smallest absolute Gasteiger partial charge is 0.250 e. The van der Waals surface area contributed by atoms with Crippen molar-refractivity contribution < 1.29 is 4.90 Å². The van der Waals surface area contributed by atoms with Crippen LogP contribution in [0.1, 0.15) is 23.6 Å². The lowest BCUT2D eigenvalue weighted by Gasteiger charge is -2.40. The summed E-state index contributed by atoms with van der Waals surface area (Å²) in [7, 11) is 0. The summed E-state index contributed by atoms with van der Waals surface area (Å²) in [6, 6.07) is 11.6. The highest BCUT2D eigenvalue weighted by Gasteiger charge is 2.37. The third-order valence-corrected chi connectivity index (χ3v) is 5.85. The zero-order valence-corrected chi connectivity index (χ0v) is 14.3.